The third-order valence-corrected chi connectivity index (χ3v) is 2.95. The lowest BCUT2D eigenvalue weighted by molar-refractivity contribution is -0.383. The number of rotatable bonds is 7. The maximum Gasteiger partial charge on any atom is 0.354 e. The van der Waals surface area contributed by atoms with Gasteiger partial charge in [0, 0.05) is 12.1 Å². The van der Waals surface area contributed by atoms with Crippen molar-refractivity contribution in [3.05, 3.63) is 52.1 Å². The number of nitrogens with zero attached hydrogens (tertiary/aromatic N) is 3. The minimum Gasteiger partial charge on any atom is -0.364 e. The summed E-state index contributed by atoms with van der Waals surface area (Å²) in [5.74, 6) is -1.18. The van der Waals surface area contributed by atoms with Crippen LogP contribution in [0.4, 0.5) is 21.7 Å². The Morgan fingerprint density at radius 1 is 1.25 bits per heavy atom. The van der Waals surface area contributed by atoms with Crippen LogP contribution in [0, 0.1) is 15.9 Å². The molecule has 10 heteroatoms. The van der Waals surface area contributed by atoms with Crippen LogP contribution in [0.5, 0.6) is 0 Å². The number of benzene rings is 1. The molecular formula is C14H15FN6O3. The predicted molar refractivity (Wildman–Crippen MR) is 85.0 cm³/mol. The number of aromatic nitrogens is 2. The first kappa shape index (κ1) is 17.1. The van der Waals surface area contributed by atoms with Crippen molar-refractivity contribution in [3.8, 4) is 0 Å². The molecule has 0 aliphatic heterocycles. The van der Waals surface area contributed by atoms with Crippen LogP contribution in [-0.4, -0.2) is 27.3 Å². The van der Waals surface area contributed by atoms with Crippen molar-refractivity contribution < 1.29 is 14.1 Å². The van der Waals surface area contributed by atoms with Gasteiger partial charge in [0.25, 0.3) is 5.91 Å². The first-order valence-corrected chi connectivity index (χ1v) is 7.08. The quantitative estimate of drug-likeness (QED) is 0.523. The normalized spacial score (nSPS) is 10.1. The molecule has 0 atom stereocenters. The summed E-state index contributed by atoms with van der Waals surface area (Å²) >= 11 is 0. The van der Waals surface area contributed by atoms with Gasteiger partial charge in [-0.05, 0) is 30.7 Å². The van der Waals surface area contributed by atoms with Crippen LogP contribution in [0.1, 0.15) is 23.7 Å². The fraction of sp³-hybridized carbons (Fsp3) is 0.214. The molecule has 0 fully saturated rings. The standard InChI is InChI=1S/C14H15FN6O3/c1-2-7-16-12-11(21(23)24)13(18-8-17-12)19-20-14(22)9-3-5-10(15)6-4-9/h3-6,8H,2,7H2,1H3,(H,20,22)(H2,16,17,18,19). The SMILES string of the molecule is CCCNc1ncnc(NNC(=O)c2ccc(F)cc2)c1[N+](=O)[O-]. The molecule has 2 aromatic rings. The fourth-order valence-electron chi connectivity index (χ4n) is 1.81. The van der Waals surface area contributed by atoms with Crippen LogP contribution in [-0.2, 0) is 0 Å². The van der Waals surface area contributed by atoms with E-state index in [1.807, 2.05) is 6.92 Å². The van der Waals surface area contributed by atoms with Gasteiger partial charge in [-0.2, -0.15) is 0 Å². The van der Waals surface area contributed by atoms with Crippen molar-refractivity contribution in [1.82, 2.24) is 15.4 Å². The van der Waals surface area contributed by atoms with E-state index in [1.165, 1.54) is 12.1 Å². The van der Waals surface area contributed by atoms with Gasteiger partial charge in [-0.15, -0.1) is 0 Å². The van der Waals surface area contributed by atoms with Crippen molar-refractivity contribution in [1.29, 1.82) is 0 Å². The Morgan fingerprint density at radius 3 is 2.54 bits per heavy atom. The Balaban J connectivity index is 2.15. The van der Waals surface area contributed by atoms with Gasteiger partial charge in [-0.25, -0.2) is 14.4 Å². The first-order chi connectivity index (χ1) is 11.5. The van der Waals surface area contributed by atoms with Crippen LogP contribution in [0.3, 0.4) is 0 Å². The van der Waals surface area contributed by atoms with Gasteiger partial charge < -0.3 is 5.32 Å². The third-order valence-electron chi connectivity index (χ3n) is 2.95. The highest BCUT2D eigenvalue weighted by Gasteiger charge is 2.23. The second-order valence-corrected chi connectivity index (χ2v) is 4.69. The average molecular weight is 334 g/mol. The summed E-state index contributed by atoms with van der Waals surface area (Å²) in [6.07, 6.45) is 1.89. The van der Waals surface area contributed by atoms with Crippen LogP contribution in [0.25, 0.3) is 0 Å². The Kier molecular flexibility index (Phi) is 5.55. The summed E-state index contributed by atoms with van der Waals surface area (Å²) < 4.78 is 12.8. The van der Waals surface area contributed by atoms with Gasteiger partial charge in [-0.1, -0.05) is 6.92 Å². The third kappa shape index (κ3) is 4.12. The number of hydrogen-bond acceptors (Lipinski definition) is 7. The average Bonchev–Trinajstić information content (AvgIpc) is 2.58. The highest BCUT2D eigenvalue weighted by molar-refractivity contribution is 5.95. The van der Waals surface area contributed by atoms with Gasteiger partial charge >= 0.3 is 5.69 Å². The van der Waals surface area contributed by atoms with Crippen molar-refractivity contribution in [3.63, 3.8) is 0 Å². The number of halogens is 1. The van der Waals surface area contributed by atoms with Gasteiger partial charge in [0.2, 0.25) is 11.6 Å². The largest absolute Gasteiger partial charge is 0.364 e. The molecule has 1 amide bonds. The molecule has 2 rings (SSSR count). The molecule has 0 aliphatic carbocycles. The van der Waals surface area contributed by atoms with E-state index in [1.54, 1.807) is 0 Å². The Bertz CT molecular complexity index is 738. The van der Waals surface area contributed by atoms with Gasteiger partial charge in [0.15, 0.2) is 0 Å². The number of carbonyl (C=O) groups excluding carboxylic acids is 1. The smallest absolute Gasteiger partial charge is 0.354 e. The number of anilines is 2. The molecule has 1 aromatic carbocycles. The molecule has 0 spiro atoms. The Labute approximate surface area is 136 Å². The first-order valence-electron chi connectivity index (χ1n) is 7.08. The molecule has 0 radical (unpaired) electrons. The zero-order valence-corrected chi connectivity index (χ0v) is 12.7. The maximum atomic E-state index is 12.8. The lowest BCUT2D eigenvalue weighted by Crippen LogP contribution is -2.30. The molecule has 126 valence electrons. The Hall–Kier alpha value is -3.30. The topological polar surface area (TPSA) is 122 Å². The zero-order chi connectivity index (χ0) is 17.5. The highest BCUT2D eigenvalue weighted by atomic mass is 19.1. The summed E-state index contributed by atoms with van der Waals surface area (Å²) in [7, 11) is 0. The number of hydrogen-bond donors (Lipinski definition) is 3. The minimum absolute atomic E-state index is 0.0513. The Morgan fingerprint density at radius 2 is 1.92 bits per heavy atom. The lowest BCUT2D eigenvalue weighted by atomic mass is 10.2. The van der Waals surface area contributed by atoms with Crippen molar-refractivity contribution >= 4 is 23.2 Å². The second kappa shape index (κ2) is 7.81. The van der Waals surface area contributed by atoms with E-state index in [0.717, 1.165) is 24.9 Å². The second-order valence-electron chi connectivity index (χ2n) is 4.69. The summed E-state index contributed by atoms with van der Waals surface area (Å²) in [6, 6.07) is 4.84. The van der Waals surface area contributed by atoms with Crippen molar-refractivity contribution in [2.24, 2.45) is 0 Å². The van der Waals surface area contributed by atoms with E-state index in [4.69, 9.17) is 0 Å². The number of nitrogens with one attached hydrogen (secondary N) is 3. The molecule has 1 heterocycles. The molecule has 0 bridgehead atoms. The molecule has 3 N–H and O–H groups in total. The van der Waals surface area contributed by atoms with E-state index in [2.05, 4.69) is 26.1 Å². The fourth-order valence-corrected chi connectivity index (χ4v) is 1.81. The molecule has 24 heavy (non-hydrogen) atoms. The van der Waals surface area contributed by atoms with Crippen LogP contribution >= 0.6 is 0 Å². The minimum atomic E-state index is -0.648. The molecule has 0 unspecified atom stereocenters. The van der Waals surface area contributed by atoms with E-state index >= 15 is 0 Å². The van der Waals surface area contributed by atoms with Gasteiger partial charge in [0.1, 0.15) is 12.1 Å². The molecular weight excluding hydrogens is 319 g/mol. The van der Waals surface area contributed by atoms with Gasteiger partial charge in [0.05, 0.1) is 4.92 Å². The van der Waals surface area contributed by atoms with E-state index in [9.17, 15) is 19.3 Å². The molecule has 1 aromatic heterocycles. The number of amides is 1. The van der Waals surface area contributed by atoms with E-state index in [0.29, 0.717) is 6.54 Å². The molecule has 9 nitrogen and oxygen atoms in total. The van der Waals surface area contributed by atoms with E-state index < -0.39 is 16.6 Å². The molecule has 0 aliphatic rings. The predicted octanol–water partition coefficient (Wildman–Crippen LogP) is 2.10. The molecule has 0 saturated carbocycles. The summed E-state index contributed by atoms with van der Waals surface area (Å²) in [6.45, 7) is 2.40. The van der Waals surface area contributed by atoms with Crippen LogP contribution < -0.4 is 16.2 Å². The van der Waals surface area contributed by atoms with Crippen LogP contribution in [0.2, 0.25) is 0 Å². The summed E-state index contributed by atoms with van der Waals surface area (Å²) in [4.78, 5) is 30.1. The summed E-state index contributed by atoms with van der Waals surface area (Å²) in [5.41, 5.74) is 4.48. The monoisotopic (exact) mass is 334 g/mol. The number of nitro groups is 1. The highest BCUT2D eigenvalue weighted by Crippen LogP contribution is 2.28. The van der Waals surface area contributed by atoms with E-state index in [-0.39, 0.29) is 22.9 Å². The lowest BCUT2D eigenvalue weighted by Gasteiger charge is -2.10. The zero-order valence-electron chi connectivity index (χ0n) is 12.7. The number of hydrazine groups is 1. The van der Waals surface area contributed by atoms with Crippen LogP contribution in [0.15, 0.2) is 30.6 Å². The maximum absolute atomic E-state index is 12.8. The van der Waals surface area contributed by atoms with Crippen molar-refractivity contribution in [2.75, 3.05) is 17.3 Å². The van der Waals surface area contributed by atoms with Crippen molar-refractivity contribution in [2.45, 2.75) is 13.3 Å². The molecule has 0 saturated heterocycles. The number of carbonyl (C=O) groups is 1. The van der Waals surface area contributed by atoms with Gasteiger partial charge in [-0.3, -0.25) is 25.8 Å². The summed E-state index contributed by atoms with van der Waals surface area (Å²) in [5, 5.41) is 14.1.